The number of rotatable bonds is 2. The van der Waals surface area contributed by atoms with Gasteiger partial charge in [-0.15, -0.1) is 0 Å². The number of carbonyl (C=O) groups is 1. The highest BCUT2D eigenvalue weighted by atomic mass is 16.2. The van der Waals surface area contributed by atoms with Gasteiger partial charge in [-0.05, 0) is 32.1 Å². The molecule has 3 heterocycles. The minimum absolute atomic E-state index is 0.157. The maximum absolute atomic E-state index is 12.8. The summed E-state index contributed by atoms with van der Waals surface area (Å²) in [5, 5.41) is 4.37. The number of fused-ring (bicyclic) bond motifs is 2. The van der Waals surface area contributed by atoms with Crippen LogP contribution in [-0.4, -0.2) is 38.7 Å². The summed E-state index contributed by atoms with van der Waals surface area (Å²) < 4.78 is 1.74. The molecule has 0 spiro atoms. The Bertz CT molecular complexity index is 482. The van der Waals surface area contributed by atoms with Crippen molar-refractivity contribution in [3.8, 4) is 0 Å². The van der Waals surface area contributed by atoms with Crippen LogP contribution in [0.15, 0.2) is 6.20 Å². The molecule has 0 aliphatic carbocycles. The number of hydrogen-bond donors (Lipinski definition) is 1. The number of aromatic nitrogens is 2. The zero-order valence-corrected chi connectivity index (χ0v) is 11.7. The maximum atomic E-state index is 12.8. The first-order valence-corrected chi connectivity index (χ1v) is 7.21. The number of piperidine rings is 1. The van der Waals surface area contributed by atoms with Crippen molar-refractivity contribution in [1.82, 2.24) is 14.7 Å². The molecule has 2 aliphatic heterocycles. The molecule has 1 aromatic heterocycles. The third-order valence-electron chi connectivity index (χ3n) is 4.47. The summed E-state index contributed by atoms with van der Waals surface area (Å²) in [7, 11) is 1.87. The van der Waals surface area contributed by atoms with Gasteiger partial charge in [-0.2, -0.15) is 5.10 Å². The van der Waals surface area contributed by atoms with E-state index in [4.69, 9.17) is 5.73 Å². The first kappa shape index (κ1) is 12.7. The Labute approximate surface area is 113 Å². The van der Waals surface area contributed by atoms with Crippen LogP contribution in [0.25, 0.3) is 0 Å². The highest BCUT2D eigenvalue weighted by Gasteiger charge is 2.43. The van der Waals surface area contributed by atoms with Crippen LogP contribution in [0.1, 0.15) is 48.7 Å². The van der Waals surface area contributed by atoms with E-state index in [1.54, 1.807) is 4.68 Å². The predicted molar refractivity (Wildman–Crippen MR) is 72.8 cm³/mol. The SMILES string of the molecule is CCc1nn(C)cc1C(=O)N1C2CCC1CC(N)C2. The molecular weight excluding hydrogens is 240 g/mol. The fourth-order valence-corrected chi connectivity index (χ4v) is 3.66. The fraction of sp³-hybridized carbons (Fsp3) is 0.714. The topological polar surface area (TPSA) is 64.2 Å². The van der Waals surface area contributed by atoms with Gasteiger partial charge in [-0.25, -0.2) is 0 Å². The van der Waals surface area contributed by atoms with E-state index < -0.39 is 0 Å². The Morgan fingerprint density at radius 3 is 2.63 bits per heavy atom. The van der Waals surface area contributed by atoms with E-state index in [-0.39, 0.29) is 11.9 Å². The van der Waals surface area contributed by atoms with E-state index >= 15 is 0 Å². The molecule has 0 radical (unpaired) electrons. The second-order valence-corrected chi connectivity index (χ2v) is 5.85. The molecule has 1 amide bonds. The molecule has 2 aliphatic rings. The normalized spacial score (nSPS) is 29.8. The third kappa shape index (κ3) is 2.06. The summed E-state index contributed by atoms with van der Waals surface area (Å²) >= 11 is 0. The van der Waals surface area contributed by atoms with Crippen molar-refractivity contribution in [3.05, 3.63) is 17.5 Å². The van der Waals surface area contributed by atoms with Crippen LogP contribution in [0, 0.1) is 0 Å². The number of nitrogens with two attached hydrogens (primary N) is 1. The summed E-state index contributed by atoms with van der Waals surface area (Å²) in [6.07, 6.45) is 6.76. The van der Waals surface area contributed by atoms with Gasteiger partial charge in [0, 0.05) is 31.4 Å². The fourth-order valence-electron chi connectivity index (χ4n) is 3.66. The van der Waals surface area contributed by atoms with E-state index in [2.05, 4.69) is 10.00 Å². The molecule has 5 nitrogen and oxygen atoms in total. The van der Waals surface area contributed by atoms with Gasteiger partial charge in [-0.3, -0.25) is 9.48 Å². The second kappa shape index (κ2) is 4.63. The van der Waals surface area contributed by atoms with Gasteiger partial charge in [0.1, 0.15) is 0 Å². The van der Waals surface area contributed by atoms with Crippen LogP contribution < -0.4 is 5.73 Å². The molecule has 2 saturated heterocycles. The lowest BCUT2D eigenvalue weighted by Crippen LogP contribution is -2.50. The van der Waals surface area contributed by atoms with Gasteiger partial charge in [-0.1, -0.05) is 6.92 Å². The quantitative estimate of drug-likeness (QED) is 0.867. The smallest absolute Gasteiger partial charge is 0.257 e. The average Bonchev–Trinajstić information content (AvgIpc) is 2.87. The minimum atomic E-state index is 0.157. The van der Waals surface area contributed by atoms with E-state index in [1.165, 1.54) is 0 Å². The molecule has 2 N–H and O–H groups in total. The average molecular weight is 262 g/mol. The molecule has 2 unspecified atom stereocenters. The van der Waals surface area contributed by atoms with Crippen molar-refractivity contribution in [2.24, 2.45) is 12.8 Å². The van der Waals surface area contributed by atoms with Gasteiger partial charge < -0.3 is 10.6 Å². The van der Waals surface area contributed by atoms with Crippen LogP contribution in [-0.2, 0) is 13.5 Å². The Morgan fingerprint density at radius 2 is 2.05 bits per heavy atom. The number of nitrogens with zero attached hydrogens (tertiary/aromatic N) is 3. The molecule has 5 heteroatoms. The van der Waals surface area contributed by atoms with Crippen LogP contribution in [0.2, 0.25) is 0 Å². The Morgan fingerprint density at radius 1 is 1.42 bits per heavy atom. The van der Waals surface area contributed by atoms with Crippen molar-refractivity contribution < 1.29 is 4.79 Å². The Hall–Kier alpha value is -1.36. The molecule has 19 heavy (non-hydrogen) atoms. The molecule has 2 atom stereocenters. The van der Waals surface area contributed by atoms with Gasteiger partial charge in [0.25, 0.3) is 5.91 Å². The summed E-state index contributed by atoms with van der Waals surface area (Å²) in [5.41, 5.74) is 7.74. The minimum Gasteiger partial charge on any atom is -0.332 e. The zero-order valence-electron chi connectivity index (χ0n) is 11.7. The summed E-state index contributed by atoms with van der Waals surface area (Å²) in [5.74, 6) is 0.157. The van der Waals surface area contributed by atoms with Gasteiger partial charge in [0.15, 0.2) is 0 Å². The second-order valence-electron chi connectivity index (χ2n) is 5.85. The first-order valence-electron chi connectivity index (χ1n) is 7.21. The summed E-state index contributed by atoms with van der Waals surface area (Å²) in [4.78, 5) is 14.9. The highest BCUT2D eigenvalue weighted by Crippen LogP contribution is 2.36. The number of carbonyl (C=O) groups excluding carboxylic acids is 1. The summed E-state index contributed by atoms with van der Waals surface area (Å²) in [6, 6.07) is 0.943. The molecule has 2 bridgehead atoms. The van der Waals surface area contributed by atoms with E-state index in [1.807, 2.05) is 20.2 Å². The summed E-state index contributed by atoms with van der Waals surface area (Å²) in [6.45, 7) is 2.04. The predicted octanol–water partition coefficient (Wildman–Crippen LogP) is 1.08. The van der Waals surface area contributed by atoms with Crippen molar-refractivity contribution >= 4 is 5.91 Å². The molecule has 1 aromatic rings. The maximum Gasteiger partial charge on any atom is 0.257 e. The Balaban J connectivity index is 1.88. The number of aryl methyl sites for hydroxylation is 2. The lowest BCUT2D eigenvalue weighted by atomic mass is 9.97. The lowest BCUT2D eigenvalue weighted by Gasteiger charge is -2.37. The molecular formula is C14H22N4O. The lowest BCUT2D eigenvalue weighted by molar-refractivity contribution is 0.0574. The van der Waals surface area contributed by atoms with E-state index in [0.29, 0.717) is 12.1 Å². The van der Waals surface area contributed by atoms with Crippen molar-refractivity contribution in [2.75, 3.05) is 0 Å². The van der Waals surface area contributed by atoms with Gasteiger partial charge in [0.2, 0.25) is 0 Å². The monoisotopic (exact) mass is 262 g/mol. The molecule has 0 aromatic carbocycles. The van der Waals surface area contributed by atoms with Crippen LogP contribution in [0.4, 0.5) is 0 Å². The molecule has 0 saturated carbocycles. The highest BCUT2D eigenvalue weighted by molar-refractivity contribution is 5.95. The van der Waals surface area contributed by atoms with Gasteiger partial charge in [0.05, 0.1) is 11.3 Å². The van der Waals surface area contributed by atoms with Crippen molar-refractivity contribution in [2.45, 2.75) is 57.2 Å². The van der Waals surface area contributed by atoms with Crippen LogP contribution in [0.3, 0.4) is 0 Å². The van der Waals surface area contributed by atoms with Crippen LogP contribution in [0.5, 0.6) is 0 Å². The third-order valence-corrected chi connectivity index (χ3v) is 4.47. The first-order chi connectivity index (χ1) is 9.10. The Kier molecular flexibility index (Phi) is 3.09. The molecule has 2 fully saturated rings. The van der Waals surface area contributed by atoms with E-state index in [0.717, 1.165) is 43.4 Å². The van der Waals surface area contributed by atoms with Crippen molar-refractivity contribution in [3.63, 3.8) is 0 Å². The standard InChI is InChI=1S/C14H22N4O/c1-3-13-12(8-17(2)16-13)14(19)18-10-4-5-11(18)7-9(15)6-10/h8-11H,3-7,15H2,1-2H3. The zero-order chi connectivity index (χ0) is 13.6. The molecule has 104 valence electrons. The van der Waals surface area contributed by atoms with Crippen molar-refractivity contribution in [1.29, 1.82) is 0 Å². The van der Waals surface area contributed by atoms with Gasteiger partial charge >= 0.3 is 0 Å². The largest absolute Gasteiger partial charge is 0.332 e. The number of amides is 1. The number of hydrogen-bond acceptors (Lipinski definition) is 3. The van der Waals surface area contributed by atoms with E-state index in [9.17, 15) is 4.79 Å². The molecule has 3 rings (SSSR count). The van der Waals surface area contributed by atoms with Crippen LogP contribution >= 0.6 is 0 Å².